The first kappa shape index (κ1) is 22.9. The van der Waals surface area contributed by atoms with Crippen LogP contribution in [0.3, 0.4) is 0 Å². The van der Waals surface area contributed by atoms with Gasteiger partial charge < -0.3 is 15.4 Å². The van der Waals surface area contributed by atoms with E-state index in [0.717, 1.165) is 24.8 Å². The van der Waals surface area contributed by atoms with Gasteiger partial charge >= 0.3 is 5.97 Å². The molecule has 160 valence electrons. The van der Waals surface area contributed by atoms with Crippen molar-refractivity contribution in [1.82, 2.24) is 10.6 Å². The first-order chi connectivity index (χ1) is 13.6. The molecule has 2 rings (SSSR count). The van der Waals surface area contributed by atoms with Crippen LogP contribution in [0.25, 0.3) is 0 Å². The number of amides is 2. The minimum Gasteiger partial charge on any atom is -0.451 e. The normalized spacial score (nSPS) is 20.4. The summed E-state index contributed by atoms with van der Waals surface area (Å²) in [6, 6.07) is 7.43. The van der Waals surface area contributed by atoms with Crippen molar-refractivity contribution in [2.45, 2.75) is 77.9 Å². The maximum atomic E-state index is 12.3. The van der Waals surface area contributed by atoms with E-state index in [2.05, 4.69) is 38.3 Å². The Labute approximate surface area is 173 Å². The molecule has 0 spiro atoms. The van der Waals surface area contributed by atoms with E-state index in [1.165, 1.54) is 6.42 Å². The SMILES string of the molecule is CC(OC(=O)CNC(=O)c1ccc(C(C)(C)C)cc1)C(=O)NC1CCCCC1C. The molecule has 0 aromatic heterocycles. The Morgan fingerprint density at radius 3 is 2.31 bits per heavy atom. The second kappa shape index (κ2) is 9.90. The standard InChI is InChI=1S/C23H34N2O4/c1-15-8-6-7-9-19(15)25-21(27)16(2)29-20(26)14-24-22(28)17-10-12-18(13-11-17)23(3,4)5/h10-13,15-16,19H,6-9,14H2,1-5H3,(H,24,28)(H,25,27). The highest BCUT2D eigenvalue weighted by atomic mass is 16.5. The summed E-state index contributed by atoms with van der Waals surface area (Å²) in [5.41, 5.74) is 1.61. The molecule has 29 heavy (non-hydrogen) atoms. The molecule has 1 aliphatic carbocycles. The van der Waals surface area contributed by atoms with Gasteiger partial charge in [-0.05, 0) is 48.8 Å². The smallest absolute Gasteiger partial charge is 0.326 e. The lowest BCUT2D eigenvalue weighted by atomic mass is 9.86. The minimum absolute atomic E-state index is 0.00490. The van der Waals surface area contributed by atoms with E-state index in [1.807, 2.05) is 12.1 Å². The molecule has 0 saturated heterocycles. The van der Waals surface area contributed by atoms with E-state index >= 15 is 0 Å². The third kappa shape index (κ3) is 6.87. The first-order valence-corrected chi connectivity index (χ1v) is 10.5. The molecular weight excluding hydrogens is 368 g/mol. The summed E-state index contributed by atoms with van der Waals surface area (Å²) in [5.74, 6) is -0.847. The summed E-state index contributed by atoms with van der Waals surface area (Å²) in [6.07, 6.45) is 3.46. The second-order valence-electron chi connectivity index (χ2n) is 9.02. The fourth-order valence-corrected chi connectivity index (χ4v) is 3.50. The molecule has 1 fully saturated rings. The van der Waals surface area contributed by atoms with E-state index in [1.54, 1.807) is 19.1 Å². The van der Waals surface area contributed by atoms with Crippen LogP contribution < -0.4 is 10.6 Å². The van der Waals surface area contributed by atoms with Crippen molar-refractivity contribution in [2.24, 2.45) is 5.92 Å². The van der Waals surface area contributed by atoms with Gasteiger partial charge in [0.1, 0.15) is 6.54 Å². The third-order valence-electron chi connectivity index (χ3n) is 5.52. The lowest BCUT2D eigenvalue weighted by Crippen LogP contribution is -2.46. The molecule has 2 amide bonds. The van der Waals surface area contributed by atoms with Gasteiger partial charge in [0.2, 0.25) is 0 Å². The average Bonchev–Trinajstić information content (AvgIpc) is 2.67. The summed E-state index contributed by atoms with van der Waals surface area (Å²) in [7, 11) is 0. The second-order valence-corrected chi connectivity index (χ2v) is 9.02. The molecule has 3 unspecified atom stereocenters. The van der Waals surface area contributed by atoms with E-state index in [4.69, 9.17) is 4.74 Å². The summed E-state index contributed by atoms with van der Waals surface area (Å²) >= 11 is 0. The van der Waals surface area contributed by atoms with Gasteiger partial charge in [0.05, 0.1) is 0 Å². The van der Waals surface area contributed by atoms with Crippen molar-refractivity contribution in [3.63, 3.8) is 0 Å². The van der Waals surface area contributed by atoms with Crippen LogP contribution in [0.1, 0.15) is 76.2 Å². The van der Waals surface area contributed by atoms with Crippen molar-refractivity contribution in [2.75, 3.05) is 6.54 Å². The van der Waals surface area contributed by atoms with Crippen molar-refractivity contribution in [3.05, 3.63) is 35.4 Å². The minimum atomic E-state index is -0.889. The molecular formula is C23H34N2O4. The molecule has 1 saturated carbocycles. The maximum Gasteiger partial charge on any atom is 0.326 e. The van der Waals surface area contributed by atoms with Crippen LogP contribution in [0.2, 0.25) is 0 Å². The Bertz CT molecular complexity index is 721. The molecule has 6 nitrogen and oxygen atoms in total. The monoisotopic (exact) mass is 402 g/mol. The Balaban J connectivity index is 1.78. The van der Waals surface area contributed by atoms with Crippen LogP contribution in [0.5, 0.6) is 0 Å². The number of carbonyl (C=O) groups is 3. The third-order valence-corrected chi connectivity index (χ3v) is 5.52. The van der Waals surface area contributed by atoms with Crippen LogP contribution in [0, 0.1) is 5.92 Å². The van der Waals surface area contributed by atoms with Gasteiger partial charge in [-0.25, -0.2) is 0 Å². The van der Waals surface area contributed by atoms with Crippen LogP contribution in [0.15, 0.2) is 24.3 Å². The van der Waals surface area contributed by atoms with Gasteiger partial charge in [0.15, 0.2) is 6.10 Å². The predicted molar refractivity (Wildman–Crippen MR) is 113 cm³/mol. The molecule has 2 N–H and O–H groups in total. The average molecular weight is 403 g/mol. The number of benzene rings is 1. The molecule has 1 aromatic carbocycles. The quantitative estimate of drug-likeness (QED) is 0.715. The van der Waals surface area contributed by atoms with Crippen LogP contribution in [-0.2, 0) is 19.7 Å². The number of hydrogen-bond donors (Lipinski definition) is 2. The molecule has 0 bridgehead atoms. The number of ether oxygens (including phenoxy) is 1. The van der Waals surface area contributed by atoms with Crippen molar-refractivity contribution in [1.29, 1.82) is 0 Å². The molecule has 0 aliphatic heterocycles. The largest absolute Gasteiger partial charge is 0.451 e. The zero-order valence-corrected chi connectivity index (χ0v) is 18.2. The first-order valence-electron chi connectivity index (χ1n) is 10.5. The number of hydrogen-bond acceptors (Lipinski definition) is 4. The van der Waals surface area contributed by atoms with Gasteiger partial charge in [0.25, 0.3) is 11.8 Å². The van der Waals surface area contributed by atoms with Gasteiger partial charge in [-0.3, -0.25) is 14.4 Å². The Morgan fingerprint density at radius 2 is 1.72 bits per heavy atom. The van der Waals surface area contributed by atoms with Gasteiger partial charge in [-0.15, -0.1) is 0 Å². The number of esters is 1. The maximum absolute atomic E-state index is 12.3. The highest BCUT2D eigenvalue weighted by Gasteiger charge is 2.26. The van der Waals surface area contributed by atoms with Crippen molar-refractivity contribution < 1.29 is 19.1 Å². The fraction of sp³-hybridized carbons (Fsp3) is 0.609. The Kier molecular flexibility index (Phi) is 7.82. The lowest BCUT2D eigenvalue weighted by Gasteiger charge is -2.30. The summed E-state index contributed by atoms with van der Waals surface area (Å²) in [6.45, 7) is 9.70. The zero-order chi connectivity index (χ0) is 21.6. The van der Waals surface area contributed by atoms with Gasteiger partial charge in [-0.2, -0.15) is 0 Å². The Morgan fingerprint density at radius 1 is 1.10 bits per heavy atom. The van der Waals surface area contributed by atoms with Gasteiger partial charge in [-0.1, -0.05) is 52.7 Å². The number of carbonyl (C=O) groups excluding carboxylic acids is 3. The molecule has 3 atom stereocenters. The summed E-state index contributed by atoms with van der Waals surface area (Å²) in [4.78, 5) is 36.5. The highest BCUT2D eigenvalue weighted by molar-refractivity contribution is 5.96. The van der Waals surface area contributed by atoms with Crippen LogP contribution >= 0.6 is 0 Å². The highest BCUT2D eigenvalue weighted by Crippen LogP contribution is 2.24. The topological polar surface area (TPSA) is 84.5 Å². The van der Waals surface area contributed by atoms with Crippen molar-refractivity contribution >= 4 is 17.8 Å². The molecule has 0 radical (unpaired) electrons. The predicted octanol–water partition coefficient (Wildman–Crippen LogP) is 3.34. The van der Waals surface area contributed by atoms with Crippen molar-refractivity contribution in [3.8, 4) is 0 Å². The van der Waals surface area contributed by atoms with E-state index in [0.29, 0.717) is 11.5 Å². The van der Waals surface area contributed by atoms with E-state index in [9.17, 15) is 14.4 Å². The van der Waals surface area contributed by atoms with E-state index in [-0.39, 0.29) is 29.8 Å². The Hall–Kier alpha value is -2.37. The molecule has 1 aliphatic rings. The fourth-order valence-electron chi connectivity index (χ4n) is 3.50. The zero-order valence-electron chi connectivity index (χ0n) is 18.2. The van der Waals surface area contributed by atoms with Crippen LogP contribution in [0.4, 0.5) is 0 Å². The number of rotatable bonds is 6. The van der Waals surface area contributed by atoms with Gasteiger partial charge in [0, 0.05) is 11.6 Å². The summed E-state index contributed by atoms with van der Waals surface area (Å²) in [5, 5.41) is 5.52. The molecule has 6 heteroatoms. The van der Waals surface area contributed by atoms with Crippen LogP contribution in [-0.4, -0.2) is 36.5 Å². The lowest BCUT2D eigenvalue weighted by molar-refractivity contribution is -0.154. The van der Waals surface area contributed by atoms with E-state index < -0.39 is 12.1 Å². The molecule has 1 aromatic rings. The number of nitrogens with one attached hydrogen (secondary N) is 2. The molecule has 0 heterocycles. The summed E-state index contributed by atoms with van der Waals surface area (Å²) < 4.78 is 5.17.